The number of hydrogen-bond acceptors (Lipinski definition) is 4. The van der Waals surface area contributed by atoms with Gasteiger partial charge >= 0.3 is 11.7 Å². The number of para-hydroxylation sites is 1. The summed E-state index contributed by atoms with van der Waals surface area (Å²) in [6.45, 7) is 0. The van der Waals surface area contributed by atoms with E-state index in [1.807, 2.05) is 18.2 Å². The van der Waals surface area contributed by atoms with Gasteiger partial charge in [-0.25, -0.2) is 9.59 Å². The van der Waals surface area contributed by atoms with Crippen molar-refractivity contribution in [2.45, 2.75) is 51.0 Å². The maximum Gasteiger partial charge on any atom is 0.377 e. The van der Waals surface area contributed by atoms with Gasteiger partial charge in [0.1, 0.15) is 0 Å². The molecular weight excluding hydrogens is 306 g/mol. The number of hydrogen-bond donors (Lipinski definition) is 0. The van der Waals surface area contributed by atoms with E-state index >= 15 is 0 Å². The monoisotopic (exact) mass is 329 g/mol. The Morgan fingerprint density at radius 3 is 2.33 bits per heavy atom. The lowest BCUT2D eigenvalue weighted by Gasteiger charge is -2.28. The lowest BCUT2D eigenvalue weighted by atomic mass is 9.96. The van der Waals surface area contributed by atoms with Crippen LogP contribution in [0.25, 0.3) is 5.69 Å². The minimum absolute atomic E-state index is 0.159. The van der Waals surface area contributed by atoms with Crippen LogP contribution in [0.1, 0.15) is 44.9 Å². The fourth-order valence-electron chi connectivity index (χ4n) is 3.23. The maximum atomic E-state index is 12.7. The van der Waals surface area contributed by atoms with Crippen LogP contribution < -0.4 is 5.69 Å². The molecule has 0 spiro atoms. The quantitative estimate of drug-likeness (QED) is 0.793. The zero-order valence-electron chi connectivity index (χ0n) is 14.0. The van der Waals surface area contributed by atoms with Gasteiger partial charge in [0.2, 0.25) is 0 Å². The molecule has 7 nitrogen and oxygen atoms in total. The number of carbonyl (C=O) groups is 1. The Morgan fingerprint density at radius 2 is 1.67 bits per heavy atom. The first kappa shape index (κ1) is 16.4. The topological polar surface area (TPSA) is 73.0 Å². The fourth-order valence-corrected chi connectivity index (χ4v) is 3.23. The molecule has 128 valence electrons. The minimum Gasteiger partial charge on any atom is -0.323 e. The van der Waals surface area contributed by atoms with Crippen LogP contribution in [0.3, 0.4) is 0 Å². The maximum absolute atomic E-state index is 12.7. The van der Waals surface area contributed by atoms with Crippen molar-refractivity contribution in [1.82, 2.24) is 24.7 Å². The molecule has 1 saturated carbocycles. The highest BCUT2D eigenvalue weighted by atomic mass is 16.2. The first-order chi connectivity index (χ1) is 11.7. The van der Waals surface area contributed by atoms with E-state index in [9.17, 15) is 9.59 Å². The molecule has 0 N–H and O–H groups in total. The van der Waals surface area contributed by atoms with Crippen LogP contribution in [-0.2, 0) is 0 Å². The van der Waals surface area contributed by atoms with Gasteiger partial charge in [-0.2, -0.15) is 4.68 Å². The average molecular weight is 329 g/mol. The third-order valence-corrected chi connectivity index (χ3v) is 4.69. The fraction of sp³-hybridized carbons (Fsp3) is 0.529. The summed E-state index contributed by atoms with van der Waals surface area (Å²) in [6.07, 6.45) is 7.88. The minimum atomic E-state index is -0.538. The summed E-state index contributed by atoms with van der Waals surface area (Å²) in [4.78, 5) is 26.8. The molecule has 1 aromatic heterocycles. The molecule has 0 unspecified atom stereocenters. The molecule has 1 aliphatic carbocycles. The highest BCUT2D eigenvalue weighted by molar-refractivity contribution is 5.75. The highest BCUT2D eigenvalue weighted by Crippen LogP contribution is 2.20. The summed E-state index contributed by atoms with van der Waals surface area (Å²) in [5, 5.41) is 7.61. The van der Waals surface area contributed by atoms with Crippen LogP contribution in [0.4, 0.5) is 4.79 Å². The van der Waals surface area contributed by atoms with Crippen molar-refractivity contribution >= 4 is 6.03 Å². The summed E-state index contributed by atoms with van der Waals surface area (Å²) in [5.41, 5.74) is 0.0547. The molecule has 7 heteroatoms. The Balaban J connectivity index is 1.80. The van der Waals surface area contributed by atoms with E-state index in [0.717, 1.165) is 35.0 Å². The van der Waals surface area contributed by atoms with Crippen molar-refractivity contribution < 1.29 is 4.79 Å². The molecule has 0 bridgehead atoms. The highest BCUT2D eigenvalue weighted by Gasteiger charge is 2.25. The second-order valence-electron chi connectivity index (χ2n) is 6.31. The zero-order valence-corrected chi connectivity index (χ0v) is 14.0. The Hall–Kier alpha value is -2.44. The summed E-state index contributed by atoms with van der Waals surface area (Å²) < 4.78 is 2.00. The summed E-state index contributed by atoms with van der Waals surface area (Å²) >= 11 is 0. The van der Waals surface area contributed by atoms with Crippen LogP contribution in [0.15, 0.2) is 35.1 Å². The second-order valence-corrected chi connectivity index (χ2v) is 6.31. The van der Waals surface area contributed by atoms with Gasteiger partial charge in [0, 0.05) is 13.1 Å². The van der Waals surface area contributed by atoms with Crippen LogP contribution in [-0.4, -0.2) is 43.8 Å². The van der Waals surface area contributed by atoms with Gasteiger partial charge in [0.15, 0.2) is 0 Å². The molecule has 0 radical (unpaired) electrons. The van der Waals surface area contributed by atoms with E-state index in [0.29, 0.717) is 5.69 Å². The van der Waals surface area contributed by atoms with E-state index < -0.39 is 11.7 Å². The van der Waals surface area contributed by atoms with Crippen LogP contribution in [0.5, 0.6) is 0 Å². The predicted molar refractivity (Wildman–Crippen MR) is 90.3 cm³/mol. The molecule has 1 heterocycles. The molecule has 0 atom stereocenters. The van der Waals surface area contributed by atoms with Crippen LogP contribution in [0, 0.1) is 0 Å². The largest absolute Gasteiger partial charge is 0.377 e. The van der Waals surface area contributed by atoms with Crippen molar-refractivity contribution in [3.63, 3.8) is 0 Å². The predicted octanol–water partition coefficient (Wildman–Crippen LogP) is 2.44. The summed E-state index contributed by atoms with van der Waals surface area (Å²) in [7, 11) is 1.75. The molecular formula is C17H23N5O2. The van der Waals surface area contributed by atoms with E-state index in [1.54, 1.807) is 24.1 Å². The molecule has 1 amide bonds. The van der Waals surface area contributed by atoms with Gasteiger partial charge in [0.25, 0.3) is 0 Å². The lowest BCUT2D eigenvalue weighted by molar-refractivity contribution is 0.175. The van der Waals surface area contributed by atoms with Gasteiger partial charge in [-0.3, -0.25) is 0 Å². The van der Waals surface area contributed by atoms with Crippen molar-refractivity contribution in [1.29, 1.82) is 0 Å². The Morgan fingerprint density at radius 1 is 1.04 bits per heavy atom. The van der Waals surface area contributed by atoms with E-state index in [1.165, 1.54) is 19.3 Å². The number of aromatic nitrogens is 4. The second kappa shape index (κ2) is 7.42. The SMILES string of the molecule is CN(C(=O)n1nnn(-c2ccccc2)c1=O)C1CCCCCCC1. The number of rotatable bonds is 2. The van der Waals surface area contributed by atoms with Gasteiger partial charge in [0.05, 0.1) is 5.69 Å². The van der Waals surface area contributed by atoms with Crippen molar-refractivity contribution in [2.24, 2.45) is 0 Å². The molecule has 24 heavy (non-hydrogen) atoms. The first-order valence-corrected chi connectivity index (χ1v) is 8.56. The molecule has 1 fully saturated rings. The third-order valence-electron chi connectivity index (χ3n) is 4.69. The van der Waals surface area contributed by atoms with Crippen LogP contribution >= 0.6 is 0 Å². The smallest absolute Gasteiger partial charge is 0.323 e. The summed E-state index contributed by atoms with van der Waals surface area (Å²) in [5.74, 6) is 0. The van der Waals surface area contributed by atoms with Crippen molar-refractivity contribution in [3.05, 3.63) is 40.8 Å². The van der Waals surface area contributed by atoms with Crippen LogP contribution in [0.2, 0.25) is 0 Å². The summed E-state index contributed by atoms with van der Waals surface area (Å²) in [6, 6.07) is 8.73. The number of nitrogens with zero attached hydrogens (tertiary/aromatic N) is 5. The van der Waals surface area contributed by atoms with Gasteiger partial charge in [-0.15, -0.1) is 4.68 Å². The van der Waals surface area contributed by atoms with Crippen molar-refractivity contribution in [3.8, 4) is 5.69 Å². The Labute approximate surface area is 140 Å². The van der Waals surface area contributed by atoms with Gasteiger partial charge in [-0.05, 0) is 35.4 Å². The van der Waals surface area contributed by atoms with Gasteiger partial charge in [-0.1, -0.05) is 50.3 Å². The average Bonchev–Trinajstić information content (AvgIpc) is 2.96. The number of carbonyl (C=O) groups excluding carboxylic acids is 1. The Kier molecular flexibility index (Phi) is 5.08. The third kappa shape index (κ3) is 3.39. The molecule has 3 rings (SSSR count). The van der Waals surface area contributed by atoms with E-state index in [2.05, 4.69) is 10.4 Å². The standard InChI is InChI=1S/C17H23N5O2/c1-20(14-10-6-3-2-4-7-11-14)16(23)22-17(24)21(18-19-22)15-12-8-5-9-13-15/h5,8-9,12-14H,2-4,6-7,10-11H2,1H3. The van der Waals surface area contributed by atoms with Gasteiger partial charge < -0.3 is 4.90 Å². The Bertz CT molecular complexity index is 729. The molecule has 2 aromatic rings. The molecule has 0 saturated heterocycles. The lowest BCUT2D eigenvalue weighted by Crippen LogP contribution is -2.44. The zero-order chi connectivity index (χ0) is 16.9. The number of amides is 1. The molecule has 1 aromatic carbocycles. The van der Waals surface area contributed by atoms with E-state index in [-0.39, 0.29) is 6.04 Å². The molecule has 0 aliphatic heterocycles. The van der Waals surface area contributed by atoms with E-state index in [4.69, 9.17) is 0 Å². The normalized spacial score (nSPS) is 16.4. The molecule has 1 aliphatic rings. The number of benzene rings is 1. The van der Waals surface area contributed by atoms with Crippen molar-refractivity contribution in [2.75, 3.05) is 7.05 Å². The first-order valence-electron chi connectivity index (χ1n) is 8.56. The number of tetrazole rings is 1.